The summed E-state index contributed by atoms with van der Waals surface area (Å²) in [4.78, 5) is 14.7. The molecule has 0 aromatic heterocycles. The minimum absolute atomic E-state index is 0.0232. The standard InChI is InChI=1S/C19H28ClN3O/c1-14(16-6-2-7-17(20)11-16)23-10-4-5-15(13-23)12-22-19(24)18-8-3-9-21-18/h2,6-7,11,14-15,18,21H,3-5,8-10,12-13H2,1H3,(H,22,24). The lowest BCUT2D eigenvalue weighted by molar-refractivity contribution is -0.123. The number of piperidine rings is 1. The fourth-order valence-corrected chi connectivity index (χ4v) is 4.07. The van der Waals surface area contributed by atoms with Gasteiger partial charge >= 0.3 is 0 Å². The van der Waals surface area contributed by atoms with Crippen molar-refractivity contribution in [2.75, 3.05) is 26.2 Å². The Balaban J connectivity index is 1.51. The van der Waals surface area contributed by atoms with Gasteiger partial charge in [0, 0.05) is 24.2 Å². The van der Waals surface area contributed by atoms with Gasteiger partial charge in [-0.2, -0.15) is 0 Å². The molecule has 2 N–H and O–H groups in total. The molecule has 2 aliphatic heterocycles. The van der Waals surface area contributed by atoms with Gasteiger partial charge in [0.15, 0.2) is 0 Å². The van der Waals surface area contributed by atoms with Crippen molar-refractivity contribution in [2.45, 2.75) is 44.7 Å². The molecule has 1 amide bonds. The average Bonchev–Trinajstić information content (AvgIpc) is 3.14. The normalized spacial score (nSPS) is 26.2. The highest BCUT2D eigenvalue weighted by molar-refractivity contribution is 6.30. The minimum atomic E-state index is 0.0232. The van der Waals surface area contributed by atoms with Crippen LogP contribution in [0.3, 0.4) is 0 Å². The van der Waals surface area contributed by atoms with Crippen LogP contribution in [-0.4, -0.2) is 43.0 Å². The van der Waals surface area contributed by atoms with Crippen LogP contribution in [0.4, 0.5) is 0 Å². The first kappa shape index (κ1) is 17.7. The van der Waals surface area contributed by atoms with E-state index in [4.69, 9.17) is 11.6 Å². The summed E-state index contributed by atoms with van der Waals surface area (Å²) < 4.78 is 0. The predicted octanol–water partition coefficient (Wildman–Crippen LogP) is 2.98. The summed E-state index contributed by atoms with van der Waals surface area (Å²) in [5.41, 5.74) is 1.27. The maximum atomic E-state index is 12.2. The molecule has 0 bridgehead atoms. The third kappa shape index (κ3) is 4.50. The third-order valence-corrected chi connectivity index (χ3v) is 5.61. The third-order valence-electron chi connectivity index (χ3n) is 5.37. The lowest BCUT2D eigenvalue weighted by Crippen LogP contribution is -2.45. The van der Waals surface area contributed by atoms with Crippen molar-refractivity contribution < 1.29 is 4.79 Å². The van der Waals surface area contributed by atoms with Crippen molar-refractivity contribution in [2.24, 2.45) is 5.92 Å². The molecule has 3 unspecified atom stereocenters. The average molecular weight is 350 g/mol. The zero-order valence-corrected chi connectivity index (χ0v) is 15.2. The van der Waals surface area contributed by atoms with Crippen molar-refractivity contribution in [1.29, 1.82) is 0 Å². The van der Waals surface area contributed by atoms with Gasteiger partial charge < -0.3 is 10.6 Å². The van der Waals surface area contributed by atoms with Crippen molar-refractivity contribution in [3.8, 4) is 0 Å². The second kappa shape index (κ2) is 8.32. The van der Waals surface area contributed by atoms with Crippen LogP contribution in [0.1, 0.15) is 44.2 Å². The van der Waals surface area contributed by atoms with Gasteiger partial charge in [-0.05, 0) is 69.3 Å². The number of hydrogen-bond acceptors (Lipinski definition) is 3. The number of rotatable bonds is 5. The SMILES string of the molecule is CC(c1cccc(Cl)c1)N1CCCC(CNC(=O)C2CCCN2)C1. The smallest absolute Gasteiger partial charge is 0.237 e. The number of carbonyl (C=O) groups excluding carboxylic acids is 1. The number of nitrogens with one attached hydrogen (secondary N) is 2. The molecule has 3 atom stereocenters. The fraction of sp³-hybridized carbons (Fsp3) is 0.632. The van der Waals surface area contributed by atoms with E-state index in [1.807, 2.05) is 12.1 Å². The van der Waals surface area contributed by atoms with E-state index < -0.39 is 0 Å². The highest BCUT2D eigenvalue weighted by Crippen LogP contribution is 2.27. The molecule has 1 aromatic carbocycles. The Morgan fingerprint density at radius 2 is 2.29 bits per heavy atom. The number of likely N-dealkylation sites (tertiary alicyclic amines) is 1. The van der Waals surface area contributed by atoms with Crippen LogP contribution >= 0.6 is 11.6 Å². The molecule has 2 fully saturated rings. The van der Waals surface area contributed by atoms with E-state index in [-0.39, 0.29) is 11.9 Å². The van der Waals surface area contributed by atoms with Crippen molar-refractivity contribution in [3.63, 3.8) is 0 Å². The summed E-state index contributed by atoms with van der Waals surface area (Å²) >= 11 is 6.13. The molecule has 0 spiro atoms. The van der Waals surface area contributed by atoms with Crippen molar-refractivity contribution in [1.82, 2.24) is 15.5 Å². The van der Waals surface area contributed by atoms with Gasteiger partial charge in [-0.3, -0.25) is 9.69 Å². The molecule has 4 nitrogen and oxygen atoms in total. The molecule has 5 heteroatoms. The Hall–Kier alpha value is -1.10. The fourth-order valence-electron chi connectivity index (χ4n) is 3.87. The summed E-state index contributed by atoms with van der Waals surface area (Å²) in [6.45, 7) is 6.14. The first-order chi connectivity index (χ1) is 11.6. The maximum Gasteiger partial charge on any atom is 0.237 e. The van der Waals surface area contributed by atoms with Gasteiger partial charge in [0.25, 0.3) is 0 Å². The topological polar surface area (TPSA) is 44.4 Å². The van der Waals surface area contributed by atoms with Gasteiger partial charge in [0.2, 0.25) is 5.91 Å². The summed E-state index contributed by atoms with van der Waals surface area (Å²) in [6.07, 6.45) is 4.45. The first-order valence-electron chi connectivity index (χ1n) is 9.14. The Morgan fingerprint density at radius 3 is 3.04 bits per heavy atom. The largest absolute Gasteiger partial charge is 0.354 e. The Morgan fingerprint density at radius 1 is 1.42 bits per heavy atom. The quantitative estimate of drug-likeness (QED) is 0.859. The van der Waals surface area contributed by atoms with Crippen LogP contribution in [0.25, 0.3) is 0 Å². The Labute approximate surface area is 149 Å². The molecular formula is C19H28ClN3O. The molecule has 2 heterocycles. The highest BCUT2D eigenvalue weighted by atomic mass is 35.5. The molecule has 2 saturated heterocycles. The number of hydrogen-bond donors (Lipinski definition) is 2. The zero-order chi connectivity index (χ0) is 16.9. The van der Waals surface area contributed by atoms with E-state index in [0.29, 0.717) is 12.0 Å². The summed E-state index contributed by atoms with van der Waals surface area (Å²) in [7, 11) is 0. The molecular weight excluding hydrogens is 322 g/mol. The number of nitrogens with zero attached hydrogens (tertiary/aromatic N) is 1. The number of benzene rings is 1. The second-order valence-electron chi connectivity index (χ2n) is 7.13. The number of amides is 1. The van der Waals surface area contributed by atoms with Gasteiger partial charge in [-0.1, -0.05) is 23.7 Å². The molecule has 1 aromatic rings. The van der Waals surface area contributed by atoms with E-state index in [9.17, 15) is 4.79 Å². The Kier molecular flexibility index (Phi) is 6.14. The van der Waals surface area contributed by atoms with E-state index in [2.05, 4.69) is 34.6 Å². The summed E-state index contributed by atoms with van der Waals surface area (Å²) in [6, 6.07) is 8.53. The van der Waals surface area contributed by atoms with Crippen LogP contribution in [-0.2, 0) is 4.79 Å². The van der Waals surface area contributed by atoms with E-state index in [0.717, 1.165) is 44.0 Å². The molecule has 132 valence electrons. The molecule has 0 aliphatic carbocycles. The maximum absolute atomic E-state index is 12.2. The molecule has 0 saturated carbocycles. The van der Waals surface area contributed by atoms with Crippen LogP contribution in [0.5, 0.6) is 0 Å². The van der Waals surface area contributed by atoms with Crippen LogP contribution in [0.15, 0.2) is 24.3 Å². The molecule has 24 heavy (non-hydrogen) atoms. The van der Waals surface area contributed by atoms with Crippen LogP contribution in [0, 0.1) is 5.92 Å². The monoisotopic (exact) mass is 349 g/mol. The van der Waals surface area contributed by atoms with E-state index in [1.165, 1.54) is 18.4 Å². The van der Waals surface area contributed by atoms with Crippen LogP contribution < -0.4 is 10.6 Å². The lowest BCUT2D eigenvalue weighted by Gasteiger charge is -2.37. The molecule has 2 aliphatic rings. The Bertz CT molecular complexity index is 559. The summed E-state index contributed by atoms with van der Waals surface area (Å²) in [5, 5.41) is 7.21. The zero-order valence-electron chi connectivity index (χ0n) is 14.4. The van der Waals surface area contributed by atoms with Crippen molar-refractivity contribution in [3.05, 3.63) is 34.9 Å². The predicted molar refractivity (Wildman–Crippen MR) is 98.2 cm³/mol. The first-order valence-corrected chi connectivity index (χ1v) is 9.52. The minimum Gasteiger partial charge on any atom is -0.354 e. The molecule has 0 radical (unpaired) electrons. The van der Waals surface area contributed by atoms with Gasteiger partial charge in [-0.15, -0.1) is 0 Å². The number of carbonyl (C=O) groups is 1. The summed E-state index contributed by atoms with van der Waals surface area (Å²) in [5.74, 6) is 0.707. The number of halogens is 1. The van der Waals surface area contributed by atoms with E-state index in [1.54, 1.807) is 0 Å². The van der Waals surface area contributed by atoms with E-state index >= 15 is 0 Å². The molecule has 3 rings (SSSR count). The second-order valence-corrected chi connectivity index (χ2v) is 7.56. The van der Waals surface area contributed by atoms with Crippen LogP contribution in [0.2, 0.25) is 5.02 Å². The van der Waals surface area contributed by atoms with Gasteiger partial charge in [0.05, 0.1) is 6.04 Å². The van der Waals surface area contributed by atoms with Gasteiger partial charge in [-0.25, -0.2) is 0 Å². The highest BCUT2D eigenvalue weighted by Gasteiger charge is 2.26. The van der Waals surface area contributed by atoms with Gasteiger partial charge in [0.1, 0.15) is 0 Å². The van der Waals surface area contributed by atoms with Crippen molar-refractivity contribution >= 4 is 17.5 Å². The lowest BCUT2D eigenvalue weighted by atomic mass is 9.95.